The minimum Gasteiger partial charge on any atom is -0.494 e. The third-order valence-electron chi connectivity index (χ3n) is 5.79. The number of benzene rings is 2. The molecule has 1 saturated heterocycles. The second kappa shape index (κ2) is 9.09. The van der Waals surface area contributed by atoms with E-state index in [-0.39, 0.29) is 18.3 Å². The molecule has 162 valence electrons. The van der Waals surface area contributed by atoms with Crippen LogP contribution in [0.4, 0.5) is 5.69 Å². The van der Waals surface area contributed by atoms with Crippen LogP contribution in [0.5, 0.6) is 5.88 Å². The second-order valence-corrected chi connectivity index (χ2v) is 7.79. The minimum atomic E-state index is 0. The molecule has 0 bridgehead atoms. The molecule has 0 amide bonds. The number of nitrogens with one attached hydrogen (secondary N) is 1. The number of fused-ring (bicyclic) bond motifs is 2. The van der Waals surface area contributed by atoms with Crippen molar-refractivity contribution in [2.24, 2.45) is 10.1 Å². The molecule has 2 aliphatic heterocycles. The van der Waals surface area contributed by atoms with Gasteiger partial charge in [0.25, 0.3) is 0 Å². The summed E-state index contributed by atoms with van der Waals surface area (Å²) in [4.78, 5) is 18.3. The van der Waals surface area contributed by atoms with Gasteiger partial charge in [-0.05, 0) is 19.2 Å². The van der Waals surface area contributed by atoms with Crippen LogP contribution in [-0.4, -0.2) is 77.7 Å². The lowest BCUT2D eigenvalue weighted by molar-refractivity contribution is 0.0864. The lowest BCUT2D eigenvalue weighted by atomic mass is 10.0. The summed E-state index contributed by atoms with van der Waals surface area (Å²) >= 11 is 0. The van der Waals surface area contributed by atoms with E-state index in [1.807, 2.05) is 48.5 Å². The molecule has 8 heteroatoms. The van der Waals surface area contributed by atoms with E-state index in [0.717, 1.165) is 54.9 Å². The van der Waals surface area contributed by atoms with E-state index < -0.39 is 0 Å². The van der Waals surface area contributed by atoms with Gasteiger partial charge in [-0.1, -0.05) is 41.6 Å². The zero-order valence-electron chi connectivity index (χ0n) is 17.4. The Morgan fingerprint density at radius 1 is 1.06 bits per heavy atom. The largest absolute Gasteiger partial charge is 0.494 e. The number of hydrogen-bond acceptors (Lipinski definition) is 6. The summed E-state index contributed by atoms with van der Waals surface area (Å²) < 4.78 is 0. The highest BCUT2D eigenvalue weighted by Crippen LogP contribution is 2.35. The molecule has 31 heavy (non-hydrogen) atoms. The third kappa shape index (κ3) is 4.17. The summed E-state index contributed by atoms with van der Waals surface area (Å²) in [5.41, 5.74) is 4.55. The number of para-hydroxylation sites is 2. The van der Waals surface area contributed by atoms with E-state index in [1.54, 1.807) is 0 Å². The summed E-state index contributed by atoms with van der Waals surface area (Å²) in [6.07, 6.45) is 0. The van der Waals surface area contributed by atoms with Crippen molar-refractivity contribution >= 4 is 40.4 Å². The fourth-order valence-corrected chi connectivity index (χ4v) is 4.06. The summed E-state index contributed by atoms with van der Waals surface area (Å²) in [6, 6.07) is 15.6. The topological polar surface area (TPSA) is 76.5 Å². The molecular weight excluding hydrogens is 414 g/mol. The highest BCUT2D eigenvalue weighted by molar-refractivity contribution is 6.58. The van der Waals surface area contributed by atoms with Gasteiger partial charge in [0.05, 0.1) is 11.3 Å². The van der Waals surface area contributed by atoms with Crippen LogP contribution in [0, 0.1) is 0 Å². The van der Waals surface area contributed by atoms with Gasteiger partial charge in [0.1, 0.15) is 18.0 Å². The summed E-state index contributed by atoms with van der Waals surface area (Å²) in [6.45, 7) is 5.63. The van der Waals surface area contributed by atoms with Gasteiger partial charge in [-0.25, -0.2) is 4.99 Å². The number of piperazine rings is 1. The van der Waals surface area contributed by atoms with Crippen molar-refractivity contribution < 1.29 is 9.94 Å². The Bertz CT molecular complexity index is 1130. The Balaban J connectivity index is 0.00000231. The minimum absolute atomic E-state index is 0. The van der Waals surface area contributed by atoms with Gasteiger partial charge in [-0.2, -0.15) is 0 Å². The molecule has 7 nitrogen and oxygen atoms in total. The fourth-order valence-electron chi connectivity index (χ4n) is 4.06. The van der Waals surface area contributed by atoms with Crippen LogP contribution in [0.1, 0.15) is 11.1 Å². The molecule has 2 aliphatic rings. The monoisotopic (exact) mass is 439 g/mol. The van der Waals surface area contributed by atoms with Gasteiger partial charge in [0.15, 0.2) is 5.88 Å². The average molecular weight is 440 g/mol. The zero-order valence-corrected chi connectivity index (χ0v) is 18.2. The number of aliphatic imine (C=N–C) groups is 1. The van der Waals surface area contributed by atoms with Gasteiger partial charge in [0, 0.05) is 49.2 Å². The third-order valence-corrected chi connectivity index (χ3v) is 5.79. The lowest BCUT2D eigenvalue weighted by Gasteiger charge is -2.31. The van der Waals surface area contributed by atoms with Crippen molar-refractivity contribution in [1.29, 1.82) is 0 Å². The van der Waals surface area contributed by atoms with Crippen molar-refractivity contribution in [2.45, 2.75) is 0 Å². The van der Waals surface area contributed by atoms with E-state index in [9.17, 15) is 5.11 Å². The number of rotatable bonds is 5. The number of aromatic amines is 1. The maximum Gasteiger partial charge on any atom is 0.199 e. The summed E-state index contributed by atoms with van der Waals surface area (Å²) in [5.74, 6) is 0.0906. The summed E-state index contributed by atoms with van der Waals surface area (Å²) in [5, 5.41) is 16.0. The van der Waals surface area contributed by atoms with Crippen LogP contribution >= 0.6 is 12.4 Å². The molecule has 2 N–H and O–H groups in total. The molecule has 1 aromatic heterocycles. The first-order valence-corrected chi connectivity index (χ1v) is 10.3. The first-order chi connectivity index (χ1) is 14.7. The van der Waals surface area contributed by atoms with Gasteiger partial charge in [-0.15, -0.1) is 12.4 Å². The molecular formula is C23H26ClN5O2. The number of aromatic hydroxyl groups is 1. The number of hydrogen-bond donors (Lipinski definition) is 2. The molecule has 0 saturated carbocycles. The molecule has 0 aliphatic carbocycles. The van der Waals surface area contributed by atoms with Crippen molar-refractivity contribution in [3.63, 3.8) is 0 Å². The molecule has 1 fully saturated rings. The van der Waals surface area contributed by atoms with Gasteiger partial charge >= 0.3 is 0 Å². The molecule has 3 heterocycles. The van der Waals surface area contributed by atoms with Crippen LogP contribution in [0.2, 0.25) is 0 Å². The van der Waals surface area contributed by atoms with Crippen molar-refractivity contribution in [3.05, 3.63) is 59.7 Å². The Labute approximate surface area is 187 Å². The predicted octanol–water partition coefficient (Wildman–Crippen LogP) is 3.40. The van der Waals surface area contributed by atoms with Crippen LogP contribution < -0.4 is 0 Å². The summed E-state index contributed by atoms with van der Waals surface area (Å²) in [7, 11) is 2.15. The number of likely N-dealkylation sites (N-methyl/N-ethyl adjacent to an activating group) is 1. The lowest BCUT2D eigenvalue weighted by Crippen LogP contribution is -2.45. The Kier molecular flexibility index (Phi) is 6.27. The molecule has 5 rings (SSSR count). The number of H-pyrrole nitrogens is 1. The molecule has 2 aromatic carbocycles. The smallest absolute Gasteiger partial charge is 0.199 e. The van der Waals surface area contributed by atoms with E-state index in [4.69, 9.17) is 9.83 Å². The first-order valence-electron chi connectivity index (χ1n) is 10.3. The average Bonchev–Trinajstić information content (AvgIpc) is 3.28. The number of halogens is 1. The van der Waals surface area contributed by atoms with Gasteiger partial charge in [0.2, 0.25) is 0 Å². The van der Waals surface area contributed by atoms with E-state index in [2.05, 4.69) is 27.0 Å². The van der Waals surface area contributed by atoms with E-state index >= 15 is 0 Å². The highest BCUT2D eigenvalue weighted by Gasteiger charge is 2.29. The maximum atomic E-state index is 10.6. The quantitative estimate of drug-likeness (QED) is 0.472. The molecule has 0 unspecified atom stereocenters. The Morgan fingerprint density at radius 2 is 1.81 bits per heavy atom. The second-order valence-electron chi connectivity index (χ2n) is 7.79. The molecule has 3 aromatic rings. The standard InChI is InChI=1S/C23H25N5O2.ClH/c1-27-10-12-28(13-11-27)14-15-30-26-21-17-7-3-5-9-19(17)24-22(21)20-16-6-2-4-8-18(16)25-23(20)29;/h2-9,25,29H,10-15H2,1H3;1H/b26-21+;. The van der Waals surface area contributed by atoms with Crippen molar-refractivity contribution in [1.82, 2.24) is 14.8 Å². The van der Waals surface area contributed by atoms with E-state index in [0.29, 0.717) is 23.6 Å². The van der Waals surface area contributed by atoms with Crippen molar-refractivity contribution in [3.8, 4) is 5.88 Å². The SMILES string of the molecule is CN1CCN(CCO/N=C2/C(c3c(O)[nH]c4ccccc34)=Nc3ccccc32)CC1.Cl. The number of oxime groups is 1. The van der Waals surface area contributed by atoms with Crippen LogP contribution in [0.3, 0.4) is 0 Å². The number of aromatic nitrogens is 1. The van der Waals surface area contributed by atoms with Crippen LogP contribution in [0.15, 0.2) is 58.7 Å². The van der Waals surface area contributed by atoms with Crippen LogP contribution in [-0.2, 0) is 4.84 Å². The molecule has 0 radical (unpaired) electrons. The van der Waals surface area contributed by atoms with Gasteiger partial charge < -0.3 is 19.8 Å². The molecule has 0 spiro atoms. The predicted molar refractivity (Wildman–Crippen MR) is 126 cm³/mol. The molecule has 0 atom stereocenters. The number of nitrogens with zero attached hydrogens (tertiary/aromatic N) is 4. The van der Waals surface area contributed by atoms with Crippen LogP contribution in [0.25, 0.3) is 10.9 Å². The normalized spacial score (nSPS) is 18.1. The first kappa shape index (κ1) is 21.4. The Morgan fingerprint density at radius 3 is 2.65 bits per heavy atom. The van der Waals surface area contributed by atoms with E-state index in [1.165, 1.54) is 0 Å². The van der Waals surface area contributed by atoms with Gasteiger partial charge in [-0.3, -0.25) is 4.90 Å². The Hall–Kier alpha value is -2.87. The fraction of sp³-hybridized carbons (Fsp3) is 0.304. The zero-order chi connectivity index (χ0) is 20.5. The van der Waals surface area contributed by atoms with Crippen molar-refractivity contribution in [2.75, 3.05) is 46.4 Å². The highest BCUT2D eigenvalue weighted by atomic mass is 35.5. The maximum absolute atomic E-state index is 10.6.